The van der Waals surface area contributed by atoms with Gasteiger partial charge in [-0.3, -0.25) is 4.79 Å². The zero-order valence-corrected chi connectivity index (χ0v) is 10.9. The Morgan fingerprint density at radius 1 is 1.53 bits per heavy atom. The van der Waals surface area contributed by atoms with Crippen molar-refractivity contribution in [3.63, 3.8) is 0 Å². The number of methoxy groups -OCH3 is 1. The van der Waals surface area contributed by atoms with Gasteiger partial charge in [0, 0.05) is 11.6 Å². The van der Waals surface area contributed by atoms with Crippen LogP contribution in [-0.4, -0.2) is 30.8 Å². The van der Waals surface area contributed by atoms with Gasteiger partial charge in [-0.15, -0.1) is 0 Å². The molecule has 0 spiro atoms. The van der Waals surface area contributed by atoms with Crippen LogP contribution in [0.15, 0.2) is 18.2 Å². The number of rotatable bonds is 3. The number of hydrogen-bond acceptors (Lipinski definition) is 3. The lowest BCUT2D eigenvalue weighted by molar-refractivity contribution is 0.0917. The number of benzene rings is 1. The van der Waals surface area contributed by atoms with Crippen molar-refractivity contribution in [3.05, 3.63) is 29.3 Å². The number of hydrogen-bond donors (Lipinski definition) is 2. The maximum absolute atomic E-state index is 12.0. The summed E-state index contributed by atoms with van der Waals surface area (Å²) in [7, 11) is 1.55. The molecule has 4 nitrogen and oxygen atoms in total. The lowest BCUT2D eigenvalue weighted by atomic mass is 9.93. The van der Waals surface area contributed by atoms with Crippen LogP contribution in [0, 0.1) is 11.8 Å². The molecule has 0 radical (unpaired) electrons. The molecule has 0 bridgehead atoms. The second-order valence-corrected chi connectivity index (χ2v) is 4.48. The highest BCUT2D eigenvalue weighted by molar-refractivity contribution is 5.95. The van der Waals surface area contributed by atoms with Gasteiger partial charge in [0.05, 0.1) is 12.7 Å². The molecule has 4 heteroatoms. The standard InChI is InChI=1S/C15H17NO3/c1-19-14-8-7-12(10-11(14)4-3-9-17)15(18)16-13-5-2-6-13/h7-8,10,13,17H,2,5-6,9H2,1H3,(H,16,18). The van der Waals surface area contributed by atoms with Crippen molar-refractivity contribution >= 4 is 5.91 Å². The van der Waals surface area contributed by atoms with Gasteiger partial charge in [-0.25, -0.2) is 0 Å². The van der Waals surface area contributed by atoms with Crippen LogP contribution in [0.4, 0.5) is 0 Å². The summed E-state index contributed by atoms with van der Waals surface area (Å²) in [5.74, 6) is 5.86. The van der Waals surface area contributed by atoms with Crippen molar-refractivity contribution in [2.75, 3.05) is 13.7 Å². The molecule has 1 saturated carbocycles. The lowest BCUT2D eigenvalue weighted by Crippen LogP contribution is -2.39. The molecule has 1 fully saturated rings. The van der Waals surface area contributed by atoms with Crippen molar-refractivity contribution < 1.29 is 14.6 Å². The van der Waals surface area contributed by atoms with Crippen LogP contribution >= 0.6 is 0 Å². The Morgan fingerprint density at radius 3 is 2.89 bits per heavy atom. The first-order chi connectivity index (χ1) is 9.24. The van der Waals surface area contributed by atoms with Crippen LogP contribution in [0.25, 0.3) is 0 Å². The van der Waals surface area contributed by atoms with E-state index in [-0.39, 0.29) is 12.5 Å². The summed E-state index contributed by atoms with van der Waals surface area (Å²) in [5, 5.41) is 11.7. The van der Waals surface area contributed by atoms with Crippen LogP contribution < -0.4 is 10.1 Å². The van der Waals surface area contributed by atoms with Crippen molar-refractivity contribution in [1.82, 2.24) is 5.32 Å². The van der Waals surface area contributed by atoms with E-state index in [1.165, 1.54) is 6.42 Å². The third-order valence-corrected chi connectivity index (χ3v) is 3.20. The van der Waals surface area contributed by atoms with Gasteiger partial charge in [-0.1, -0.05) is 11.8 Å². The Kier molecular flexibility index (Phi) is 4.43. The molecular weight excluding hydrogens is 242 g/mol. The largest absolute Gasteiger partial charge is 0.495 e. The molecule has 0 atom stereocenters. The molecule has 1 aliphatic rings. The zero-order chi connectivity index (χ0) is 13.7. The molecule has 0 saturated heterocycles. The number of aliphatic hydroxyl groups is 1. The van der Waals surface area contributed by atoms with Crippen LogP contribution in [0.5, 0.6) is 5.75 Å². The highest BCUT2D eigenvalue weighted by Gasteiger charge is 2.20. The SMILES string of the molecule is COc1ccc(C(=O)NC2CCC2)cc1C#CCO. The molecule has 19 heavy (non-hydrogen) atoms. The first kappa shape index (κ1) is 13.4. The van der Waals surface area contributed by atoms with Gasteiger partial charge in [-0.2, -0.15) is 0 Å². The van der Waals surface area contributed by atoms with E-state index < -0.39 is 0 Å². The molecule has 1 aromatic rings. The third-order valence-electron chi connectivity index (χ3n) is 3.20. The monoisotopic (exact) mass is 259 g/mol. The Bertz CT molecular complexity index is 524. The first-order valence-electron chi connectivity index (χ1n) is 6.33. The van der Waals surface area contributed by atoms with E-state index in [1.54, 1.807) is 25.3 Å². The van der Waals surface area contributed by atoms with Gasteiger partial charge in [0.1, 0.15) is 12.4 Å². The summed E-state index contributed by atoms with van der Waals surface area (Å²) in [5.41, 5.74) is 1.17. The minimum absolute atomic E-state index is 0.0839. The van der Waals surface area contributed by atoms with Gasteiger partial charge in [0.15, 0.2) is 0 Å². The van der Waals surface area contributed by atoms with Crippen molar-refractivity contribution in [3.8, 4) is 17.6 Å². The fraction of sp³-hybridized carbons (Fsp3) is 0.400. The Labute approximate surface area is 112 Å². The fourth-order valence-corrected chi connectivity index (χ4v) is 1.90. The van der Waals surface area contributed by atoms with Gasteiger partial charge in [-0.05, 0) is 37.5 Å². The minimum Gasteiger partial charge on any atom is -0.495 e. The molecule has 2 N–H and O–H groups in total. The summed E-state index contributed by atoms with van der Waals surface area (Å²) in [6, 6.07) is 5.44. The van der Waals surface area contributed by atoms with Gasteiger partial charge in [0.25, 0.3) is 5.91 Å². The molecule has 0 heterocycles. The summed E-state index contributed by atoms with van der Waals surface area (Å²) >= 11 is 0. The lowest BCUT2D eigenvalue weighted by Gasteiger charge is -2.26. The topological polar surface area (TPSA) is 58.6 Å². The Hall–Kier alpha value is -1.99. The second kappa shape index (κ2) is 6.26. The predicted molar refractivity (Wildman–Crippen MR) is 72.1 cm³/mol. The number of nitrogens with one attached hydrogen (secondary N) is 1. The minimum atomic E-state index is -0.221. The second-order valence-electron chi connectivity index (χ2n) is 4.48. The van der Waals surface area contributed by atoms with Crippen LogP contribution in [0.3, 0.4) is 0 Å². The number of carbonyl (C=O) groups excluding carboxylic acids is 1. The highest BCUT2D eigenvalue weighted by atomic mass is 16.5. The average molecular weight is 259 g/mol. The number of aliphatic hydroxyl groups excluding tert-OH is 1. The van der Waals surface area contributed by atoms with E-state index in [2.05, 4.69) is 17.2 Å². The normalized spacial score (nSPS) is 14.0. The van der Waals surface area contributed by atoms with Crippen molar-refractivity contribution in [2.45, 2.75) is 25.3 Å². The molecular formula is C15H17NO3. The molecule has 0 aromatic heterocycles. The van der Waals surface area contributed by atoms with Gasteiger partial charge < -0.3 is 15.2 Å². The zero-order valence-electron chi connectivity index (χ0n) is 10.9. The number of amides is 1. The molecule has 1 aromatic carbocycles. The summed E-state index contributed by atoms with van der Waals surface area (Å²) in [4.78, 5) is 12.0. The summed E-state index contributed by atoms with van der Waals surface area (Å²) in [6.07, 6.45) is 3.29. The van der Waals surface area contributed by atoms with E-state index in [0.29, 0.717) is 22.9 Å². The van der Waals surface area contributed by atoms with Gasteiger partial charge >= 0.3 is 0 Å². The third kappa shape index (κ3) is 3.27. The molecule has 1 aliphatic carbocycles. The average Bonchev–Trinajstić information content (AvgIpc) is 2.39. The van der Waals surface area contributed by atoms with Crippen LogP contribution in [-0.2, 0) is 0 Å². The van der Waals surface area contributed by atoms with E-state index in [9.17, 15) is 4.79 Å². The molecule has 1 amide bonds. The van der Waals surface area contributed by atoms with Crippen molar-refractivity contribution in [1.29, 1.82) is 0 Å². The summed E-state index contributed by atoms with van der Waals surface area (Å²) < 4.78 is 5.17. The maximum Gasteiger partial charge on any atom is 0.251 e. The highest BCUT2D eigenvalue weighted by Crippen LogP contribution is 2.21. The van der Waals surface area contributed by atoms with Crippen LogP contribution in [0.2, 0.25) is 0 Å². The molecule has 2 rings (SSSR count). The van der Waals surface area contributed by atoms with E-state index in [0.717, 1.165) is 12.8 Å². The van der Waals surface area contributed by atoms with Crippen molar-refractivity contribution in [2.24, 2.45) is 0 Å². The van der Waals surface area contributed by atoms with Crippen LogP contribution in [0.1, 0.15) is 35.2 Å². The van der Waals surface area contributed by atoms with E-state index in [4.69, 9.17) is 9.84 Å². The van der Waals surface area contributed by atoms with E-state index in [1.807, 2.05) is 0 Å². The molecule has 0 unspecified atom stereocenters. The first-order valence-corrected chi connectivity index (χ1v) is 6.33. The molecule has 100 valence electrons. The number of carbonyl (C=O) groups is 1. The summed E-state index contributed by atoms with van der Waals surface area (Å²) in [6.45, 7) is -0.221. The fourth-order valence-electron chi connectivity index (χ4n) is 1.90. The quantitative estimate of drug-likeness (QED) is 0.805. The maximum atomic E-state index is 12.0. The molecule has 0 aliphatic heterocycles. The Balaban J connectivity index is 2.18. The Morgan fingerprint density at radius 2 is 2.32 bits per heavy atom. The predicted octanol–water partition coefficient (Wildman–Crippen LogP) is 1.32. The smallest absolute Gasteiger partial charge is 0.251 e. The van der Waals surface area contributed by atoms with E-state index >= 15 is 0 Å². The van der Waals surface area contributed by atoms with Gasteiger partial charge in [0.2, 0.25) is 0 Å². The number of ether oxygens (including phenoxy) is 1.